The topological polar surface area (TPSA) is 55.9 Å². The first kappa shape index (κ1) is 15.0. The monoisotopic (exact) mass is 296 g/mol. The van der Waals surface area contributed by atoms with Gasteiger partial charge in [0.25, 0.3) is 0 Å². The molecule has 1 unspecified atom stereocenters. The number of aryl methyl sites for hydroxylation is 2. The highest BCUT2D eigenvalue weighted by molar-refractivity contribution is 6.30. The van der Waals surface area contributed by atoms with E-state index in [1.165, 1.54) is 6.07 Å². The summed E-state index contributed by atoms with van der Waals surface area (Å²) in [7, 11) is 0. The second kappa shape index (κ2) is 6.35. The van der Waals surface area contributed by atoms with Gasteiger partial charge in [0.1, 0.15) is 5.82 Å². The first-order valence-electron chi connectivity index (χ1n) is 6.50. The largest absolute Gasteiger partial charge is 0.271 e. The fourth-order valence-corrected chi connectivity index (χ4v) is 2.48. The second-order valence-corrected chi connectivity index (χ2v) is 5.07. The Kier molecular flexibility index (Phi) is 4.75. The van der Waals surface area contributed by atoms with Crippen LogP contribution in [0.2, 0.25) is 5.02 Å². The minimum atomic E-state index is -0.434. The van der Waals surface area contributed by atoms with Gasteiger partial charge in [-0.1, -0.05) is 23.7 Å². The molecule has 0 saturated carbocycles. The summed E-state index contributed by atoms with van der Waals surface area (Å²) in [5.41, 5.74) is 5.06. The van der Waals surface area contributed by atoms with Crippen LogP contribution in [-0.2, 0) is 13.0 Å². The first-order valence-corrected chi connectivity index (χ1v) is 6.88. The number of halogens is 2. The first-order chi connectivity index (χ1) is 9.56. The van der Waals surface area contributed by atoms with E-state index in [0.717, 1.165) is 17.9 Å². The van der Waals surface area contributed by atoms with Crippen molar-refractivity contribution in [1.82, 2.24) is 15.2 Å². The molecule has 2 rings (SSSR count). The Balaban J connectivity index is 2.31. The molecule has 20 heavy (non-hydrogen) atoms. The number of hydrogen-bond donors (Lipinski definition) is 2. The number of nitrogens with zero attached hydrogens (tertiary/aromatic N) is 2. The summed E-state index contributed by atoms with van der Waals surface area (Å²) < 4.78 is 16.0. The number of benzene rings is 1. The molecule has 0 fully saturated rings. The van der Waals surface area contributed by atoms with E-state index in [2.05, 4.69) is 10.5 Å². The van der Waals surface area contributed by atoms with Gasteiger partial charge in [-0.05, 0) is 26.0 Å². The summed E-state index contributed by atoms with van der Waals surface area (Å²) in [6, 6.07) is 6.55. The Hall–Kier alpha value is -1.43. The van der Waals surface area contributed by atoms with Gasteiger partial charge < -0.3 is 0 Å². The average molecular weight is 297 g/mol. The SMILES string of the molecule is CCn1nc(C)cc1CC(NN)c1cccc(Cl)c1F. The average Bonchev–Trinajstić information content (AvgIpc) is 2.79. The third kappa shape index (κ3) is 3.00. The number of hydrogen-bond acceptors (Lipinski definition) is 3. The van der Waals surface area contributed by atoms with Crippen molar-refractivity contribution in [3.8, 4) is 0 Å². The number of aromatic nitrogens is 2. The smallest absolute Gasteiger partial charge is 0.146 e. The van der Waals surface area contributed by atoms with Crippen molar-refractivity contribution in [1.29, 1.82) is 0 Å². The minimum Gasteiger partial charge on any atom is -0.271 e. The van der Waals surface area contributed by atoms with Crippen LogP contribution in [0.5, 0.6) is 0 Å². The van der Waals surface area contributed by atoms with Gasteiger partial charge >= 0.3 is 0 Å². The highest BCUT2D eigenvalue weighted by Crippen LogP contribution is 2.25. The van der Waals surface area contributed by atoms with Crippen molar-refractivity contribution in [3.05, 3.63) is 52.1 Å². The van der Waals surface area contributed by atoms with Crippen molar-refractivity contribution >= 4 is 11.6 Å². The molecular formula is C14H18ClFN4. The zero-order valence-electron chi connectivity index (χ0n) is 11.5. The molecule has 0 radical (unpaired) electrons. The molecule has 6 heteroatoms. The van der Waals surface area contributed by atoms with Crippen LogP contribution >= 0.6 is 11.6 Å². The van der Waals surface area contributed by atoms with Crippen LogP contribution in [0.4, 0.5) is 4.39 Å². The predicted molar refractivity (Wildman–Crippen MR) is 77.8 cm³/mol. The lowest BCUT2D eigenvalue weighted by Gasteiger charge is -2.18. The molecule has 0 bridgehead atoms. The standard InChI is InChI=1S/C14H18ClFN4/c1-3-20-10(7-9(2)19-20)8-13(18-17)11-5-4-6-12(15)14(11)16/h4-7,13,18H,3,8,17H2,1-2H3. The molecule has 2 aromatic rings. The van der Waals surface area contributed by atoms with Crippen molar-refractivity contribution in [2.75, 3.05) is 0 Å². The molecule has 0 saturated heterocycles. The molecule has 3 N–H and O–H groups in total. The third-order valence-corrected chi connectivity index (χ3v) is 3.55. The molecule has 1 aromatic heterocycles. The Bertz CT molecular complexity index is 597. The van der Waals surface area contributed by atoms with Crippen LogP contribution in [0.25, 0.3) is 0 Å². The molecule has 0 aliphatic rings. The van der Waals surface area contributed by atoms with Crippen molar-refractivity contribution in [3.63, 3.8) is 0 Å². The van der Waals surface area contributed by atoms with Crippen molar-refractivity contribution in [2.45, 2.75) is 32.9 Å². The van der Waals surface area contributed by atoms with Gasteiger partial charge in [0.05, 0.1) is 16.8 Å². The van der Waals surface area contributed by atoms with Crippen LogP contribution < -0.4 is 11.3 Å². The molecule has 4 nitrogen and oxygen atoms in total. The molecule has 108 valence electrons. The normalized spacial score (nSPS) is 12.7. The van der Waals surface area contributed by atoms with Crippen molar-refractivity contribution in [2.24, 2.45) is 5.84 Å². The summed E-state index contributed by atoms with van der Waals surface area (Å²) in [5, 5.41) is 4.48. The maximum Gasteiger partial charge on any atom is 0.146 e. The van der Waals surface area contributed by atoms with Gasteiger partial charge in [-0.2, -0.15) is 5.10 Å². The van der Waals surface area contributed by atoms with E-state index >= 15 is 0 Å². The van der Waals surface area contributed by atoms with Gasteiger partial charge in [0.15, 0.2) is 0 Å². The van der Waals surface area contributed by atoms with E-state index in [9.17, 15) is 4.39 Å². The lowest BCUT2D eigenvalue weighted by molar-refractivity contribution is 0.490. The Morgan fingerprint density at radius 3 is 2.90 bits per heavy atom. The van der Waals surface area contributed by atoms with Gasteiger partial charge in [-0.25, -0.2) is 4.39 Å². The Morgan fingerprint density at radius 1 is 1.50 bits per heavy atom. The summed E-state index contributed by atoms with van der Waals surface area (Å²) in [5.74, 6) is 5.15. The number of rotatable bonds is 5. The van der Waals surface area contributed by atoms with Crippen LogP contribution in [0.1, 0.15) is 29.9 Å². The van der Waals surface area contributed by atoms with Crippen LogP contribution in [0.15, 0.2) is 24.3 Å². The fraction of sp³-hybridized carbons (Fsp3) is 0.357. The summed E-state index contributed by atoms with van der Waals surface area (Å²) >= 11 is 5.82. The molecule has 0 spiro atoms. The molecule has 0 aliphatic heterocycles. The molecule has 0 aliphatic carbocycles. The van der Waals surface area contributed by atoms with E-state index in [0.29, 0.717) is 12.0 Å². The van der Waals surface area contributed by atoms with Gasteiger partial charge in [0, 0.05) is 24.2 Å². The van der Waals surface area contributed by atoms with Crippen LogP contribution in [0, 0.1) is 12.7 Å². The van der Waals surface area contributed by atoms with Gasteiger partial charge in [-0.15, -0.1) is 0 Å². The maximum absolute atomic E-state index is 14.1. The summed E-state index contributed by atoms with van der Waals surface area (Å²) in [6.45, 7) is 4.71. The Morgan fingerprint density at radius 2 is 2.25 bits per heavy atom. The fourth-order valence-electron chi connectivity index (χ4n) is 2.29. The van der Waals surface area contributed by atoms with Crippen LogP contribution in [0.3, 0.4) is 0 Å². The Labute approximate surface area is 122 Å². The molecule has 1 atom stereocenters. The highest BCUT2D eigenvalue weighted by atomic mass is 35.5. The zero-order valence-corrected chi connectivity index (χ0v) is 12.3. The summed E-state index contributed by atoms with van der Waals surface area (Å²) in [6.07, 6.45) is 0.544. The highest BCUT2D eigenvalue weighted by Gasteiger charge is 2.18. The molecular weight excluding hydrogens is 279 g/mol. The van der Waals surface area contributed by atoms with E-state index in [4.69, 9.17) is 17.4 Å². The zero-order chi connectivity index (χ0) is 14.7. The van der Waals surface area contributed by atoms with E-state index in [-0.39, 0.29) is 11.1 Å². The number of nitrogens with two attached hydrogens (primary N) is 1. The molecule has 0 amide bonds. The van der Waals surface area contributed by atoms with Crippen LogP contribution in [-0.4, -0.2) is 9.78 Å². The van der Waals surface area contributed by atoms with E-state index < -0.39 is 5.82 Å². The van der Waals surface area contributed by atoms with Crippen molar-refractivity contribution < 1.29 is 4.39 Å². The number of nitrogens with one attached hydrogen (secondary N) is 1. The molecule has 1 heterocycles. The minimum absolute atomic E-state index is 0.0999. The predicted octanol–water partition coefficient (Wildman–Crippen LogP) is 2.75. The van der Waals surface area contributed by atoms with Gasteiger partial charge in [0.2, 0.25) is 0 Å². The lowest BCUT2D eigenvalue weighted by Crippen LogP contribution is -2.31. The summed E-state index contributed by atoms with van der Waals surface area (Å²) in [4.78, 5) is 0. The third-order valence-electron chi connectivity index (χ3n) is 3.26. The maximum atomic E-state index is 14.1. The van der Waals surface area contributed by atoms with E-state index in [1.807, 2.05) is 24.6 Å². The number of hydrazine groups is 1. The lowest BCUT2D eigenvalue weighted by atomic mass is 10.0. The van der Waals surface area contributed by atoms with Gasteiger partial charge in [-0.3, -0.25) is 16.0 Å². The van der Waals surface area contributed by atoms with E-state index in [1.54, 1.807) is 12.1 Å². The molecule has 1 aromatic carbocycles. The quantitative estimate of drug-likeness (QED) is 0.659. The second-order valence-electron chi connectivity index (χ2n) is 4.66.